The predicted molar refractivity (Wildman–Crippen MR) is 159 cm³/mol. The van der Waals surface area contributed by atoms with Crippen LogP contribution in [0.3, 0.4) is 0 Å². The van der Waals surface area contributed by atoms with E-state index in [1.165, 1.54) is 11.1 Å². The number of nitrogens with zero attached hydrogens (tertiary/aromatic N) is 1. The Morgan fingerprint density at radius 2 is 1.68 bits per heavy atom. The fourth-order valence-corrected chi connectivity index (χ4v) is 4.58. The van der Waals surface area contributed by atoms with Gasteiger partial charge in [0.1, 0.15) is 5.60 Å². The van der Waals surface area contributed by atoms with E-state index in [0.717, 1.165) is 34.1 Å². The number of aliphatic hydroxyl groups excluding tert-OH is 1. The maximum Gasteiger partial charge on any atom is 0.249 e. The van der Waals surface area contributed by atoms with Crippen molar-refractivity contribution in [2.24, 2.45) is 4.99 Å². The third kappa shape index (κ3) is 5.69. The summed E-state index contributed by atoms with van der Waals surface area (Å²) in [6.45, 7) is 11.6. The van der Waals surface area contributed by atoms with Gasteiger partial charge in [-0.05, 0) is 83.0 Å². The third-order valence-corrected chi connectivity index (χ3v) is 6.55. The fourth-order valence-electron chi connectivity index (χ4n) is 4.58. The first kappa shape index (κ1) is 28.8. The van der Waals surface area contributed by atoms with Crippen LogP contribution in [0.4, 0.5) is 0 Å². The SMILES string of the molecule is CC.CC.CC=N/C=C(\C)C(O)(c1ccc2c(c1)C2)c1ccc2[nH]c(=O)cc(-c3cccc(CO)c3)c2c1. The lowest BCUT2D eigenvalue weighted by Crippen LogP contribution is -2.29. The number of aromatic amines is 1. The average molecular weight is 511 g/mol. The van der Waals surface area contributed by atoms with E-state index >= 15 is 0 Å². The monoisotopic (exact) mass is 510 g/mol. The van der Waals surface area contributed by atoms with Crippen molar-refractivity contribution in [1.29, 1.82) is 0 Å². The van der Waals surface area contributed by atoms with Crippen LogP contribution in [0, 0.1) is 0 Å². The highest BCUT2D eigenvalue weighted by Gasteiger charge is 2.36. The number of hydrogen-bond donors (Lipinski definition) is 3. The summed E-state index contributed by atoms with van der Waals surface area (Å²) in [4.78, 5) is 19.6. The van der Waals surface area contributed by atoms with E-state index in [1.807, 2.05) is 90.1 Å². The number of nitrogens with one attached hydrogen (secondary N) is 1. The van der Waals surface area contributed by atoms with E-state index in [-0.39, 0.29) is 12.2 Å². The van der Waals surface area contributed by atoms with Crippen molar-refractivity contribution in [1.82, 2.24) is 4.98 Å². The zero-order valence-corrected chi connectivity index (χ0v) is 23.2. The first-order valence-corrected chi connectivity index (χ1v) is 13.3. The van der Waals surface area contributed by atoms with Crippen LogP contribution in [-0.4, -0.2) is 21.4 Å². The van der Waals surface area contributed by atoms with Crippen LogP contribution in [0.1, 0.15) is 69.4 Å². The molecule has 1 unspecified atom stereocenters. The third-order valence-electron chi connectivity index (χ3n) is 6.55. The van der Waals surface area contributed by atoms with Gasteiger partial charge in [0.2, 0.25) is 5.56 Å². The molecule has 1 heterocycles. The highest BCUT2D eigenvalue weighted by molar-refractivity contribution is 5.95. The Hall–Kier alpha value is -3.80. The van der Waals surface area contributed by atoms with Gasteiger partial charge in [-0.25, -0.2) is 0 Å². The molecule has 1 atom stereocenters. The molecule has 0 bridgehead atoms. The molecule has 1 aromatic heterocycles. The van der Waals surface area contributed by atoms with E-state index in [9.17, 15) is 15.0 Å². The molecule has 1 aliphatic rings. The largest absolute Gasteiger partial charge is 0.392 e. The molecule has 5 rings (SSSR count). The Kier molecular flexibility index (Phi) is 9.56. The summed E-state index contributed by atoms with van der Waals surface area (Å²) in [5.41, 5.74) is 6.14. The smallest absolute Gasteiger partial charge is 0.249 e. The fraction of sp³-hybridized carbons (Fsp3) is 0.273. The van der Waals surface area contributed by atoms with E-state index in [2.05, 4.69) is 22.1 Å². The van der Waals surface area contributed by atoms with Crippen LogP contribution in [0.5, 0.6) is 0 Å². The van der Waals surface area contributed by atoms with Gasteiger partial charge in [-0.15, -0.1) is 0 Å². The summed E-state index contributed by atoms with van der Waals surface area (Å²) in [6.07, 6.45) is 4.33. The van der Waals surface area contributed by atoms with Crippen molar-refractivity contribution in [2.75, 3.05) is 0 Å². The molecule has 5 heteroatoms. The molecule has 4 aromatic rings. The Bertz CT molecular complexity index is 1530. The number of hydrogen-bond acceptors (Lipinski definition) is 4. The maximum atomic E-state index is 12.4. The minimum atomic E-state index is -1.39. The summed E-state index contributed by atoms with van der Waals surface area (Å²) >= 11 is 0. The molecular weight excluding hydrogens is 472 g/mol. The van der Waals surface area contributed by atoms with Gasteiger partial charge in [-0.2, -0.15) is 0 Å². The van der Waals surface area contributed by atoms with Crippen molar-refractivity contribution in [2.45, 2.75) is 60.2 Å². The molecule has 0 saturated carbocycles. The van der Waals surface area contributed by atoms with Crippen molar-refractivity contribution in [3.63, 3.8) is 0 Å². The van der Waals surface area contributed by atoms with Crippen molar-refractivity contribution < 1.29 is 10.2 Å². The highest BCUT2D eigenvalue weighted by Crippen LogP contribution is 2.41. The standard InChI is InChI=1S/C29H26N2O3.2C2H6/c1-3-30-16-18(2)29(34,23-8-7-20-12-22(20)13-23)24-9-10-27-26(14-24)25(15-28(33)31-27)21-6-4-5-19(11-21)17-32;2*1-2/h3-11,13-16,32,34H,12,17H2,1-2H3,(H,31,33);2*1-2H3/b18-16+,30-3?;;. The topological polar surface area (TPSA) is 85.7 Å². The minimum Gasteiger partial charge on any atom is -0.392 e. The molecule has 0 saturated heterocycles. The molecule has 0 amide bonds. The zero-order chi connectivity index (χ0) is 27.9. The van der Waals surface area contributed by atoms with Crippen LogP contribution >= 0.6 is 0 Å². The van der Waals surface area contributed by atoms with Gasteiger partial charge in [-0.1, -0.05) is 70.2 Å². The molecular formula is C33H38N2O3. The van der Waals surface area contributed by atoms with Crippen molar-refractivity contribution in [3.05, 3.63) is 117 Å². The number of H-pyrrole nitrogens is 1. The summed E-state index contributed by atoms with van der Waals surface area (Å²) in [6, 6.07) is 20.8. The molecule has 0 aliphatic heterocycles. The van der Waals surface area contributed by atoms with E-state index in [4.69, 9.17) is 0 Å². The van der Waals surface area contributed by atoms with Gasteiger partial charge in [-0.3, -0.25) is 9.79 Å². The Labute approximate surface area is 225 Å². The molecule has 3 aromatic carbocycles. The highest BCUT2D eigenvalue weighted by atomic mass is 16.3. The van der Waals surface area contributed by atoms with Crippen molar-refractivity contribution in [3.8, 4) is 11.1 Å². The maximum absolute atomic E-state index is 12.4. The van der Waals surface area contributed by atoms with Crippen LogP contribution < -0.4 is 5.56 Å². The number of aliphatic imine (C=N–C) groups is 1. The molecule has 198 valence electrons. The molecule has 0 spiro atoms. The van der Waals surface area contributed by atoms with Crippen LogP contribution in [0.2, 0.25) is 0 Å². The first-order chi connectivity index (χ1) is 18.4. The lowest BCUT2D eigenvalue weighted by molar-refractivity contribution is 0.121. The van der Waals surface area contributed by atoms with Gasteiger partial charge < -0.3 is 15.2 Å². The van der Waals surface area contributed by atoms with Crippen LogP contribution in [0.15, 0.2) is 88.3 Å². The summed E-state index contributed by atoms with van der Waals surface area (Å²) in [7, 11) is 0. The quantitative estimate of drug-likeness (QED) is 0.218. The normalized spacial score (nSPS) is 13.6. The Balaban J connectivity index is 0.000000956. The summed E-state index contributed by atoms with van der Waals surface area (Å²) in [5.74, 6) is 0. The lowest BCUT2D eigenvalue weighted by atomic mass is 9.80. The van der Waals surface area contributed by atoms with Gasteiger partial charge in [0.25, 0.3) is 0 Å². The Morgan fingerprint density at radius 3 is 2.37 bits per heavy atom. The number of benzene rings is 3. The predicted octanol–water partition coefficient (Wildman–Crippen LogP) is 6.87. The van der Waals surface area contributed by atoms with Gasteiger partial charge in [0.05, 0.1) is 6.61 Å². The van der Waals surface area contributed by atoms with Gasteiger partial charge in [0, 0.05) is 29.4 Å². The Morgan fingerprint density at radius 1 is 0.974 bits per heavy atom. The molecule has 0 fully saturated rings. The molecule has 38 heavy (non-hydrogen) atoms. The van der Waals surface area contributed by atoms with E-state index < -0.39 is 5.60 Å². The number of aliphatic hydroxyl groups is 2. The molecule has 1 aliphatic carbocycles. The molecule has 3 N–H and O–H groups in total. The zero-order valence-electron chi connectivity index (χ0n) is 23.2. The number of pyridine rings is 1. The minimum absolute atomic E-state index is 0.0831. The summed E-state index contributed by atoms with van der Waals surface area (Å²) < 4.78 is 0. The van der Waals surface area contributed by atoms with E-state index in [1.54, 1.807) is 18.5 Å². The number of fused-ring (bicyclic) bond motifs is 2. The van der Waals surface area contributed by atoms with Crippen molar-refractivity contribution >= 4 is 17.1 Å². The molecule has 5 nitrogen and oxygen atoms in total. The first-order valence-electron chi connectivity index (χ1n) is 13.3. The number of aromatic nitrogens is 1. The average Bonchev–Trinajstić information content (AvgIpc) is 3.76. The second kappa shape index (κ2) is 12.6. The second-order valence-electron chi connectivity index (χ2n) is 8.76. The lowest BCUT2D eigenvalue weighted by Gasteiger charge is -2.30. The van der Waals surface area contributed by atoms with Crippen LogP contribution in [-0.2, 0) is 18.6 Å². The molecule has 0 radical (unpaired) electrons. The van der Waals surface area contributed by atoms with E-state index in [0.29, 0.717) is 16.7 Å². The number of rotatable bonds is 6. The van der Waals surface area contributed by atoms with Crippen LogP contribution in [0.25, 0.3) is 22.0 Å². The second-order valence-corrected chi connectivity index (χ2v) is 8.76. The summed E-state index contributed by atoms with van der Waals surface area (Å²) in [5, 5.41) is 22.6. The van der Waals surface area contributed by atoms with Gasteiger partial charge in [0.15, 0.2) is 0 Å². The van der Waals surface area contributed by atoms with Gasteiger partial charge >= 0.3 is 0 Å².